The molecule has 0 aliphatic rings. The van der Waals surface area contributed by atoms with E-state index in [9.17, 15) is 4.79 Å². The zero-order valence-corrected chi connectivity index (χ0v) is 11.5. The standard InChI is InChI=1S/C15H24N2O/c1-3-4-11-16-12-10-15(18)17(2)13-14-8-6-5-7-9-14/h5-9,16H,3-4,10-13H2,1-2H3. The predicted octanol–water partition coefficient (Wildman–Crippen LogP) is 2.42. The van der Waals surface area contributed by atoms with Gasteiger partial charge in [-0.3, -0.25) is 4.79 Å². The minimum absolute atomic E-state index is 0.197. The summed E-state index contributed by atoms with van der Waals surface area (Å²) in [5.41, 5.74) is 1.17. The van der Waals surface area contributed by atoms with Gasteiger partial charge in [0.25, 0.3) is 0 Å². The average Bonchev–Trinajstić information content (AvgIpc) is 2.39. The van der Waals surface area contributed by atoms with Gasteiger partial charge >= 0.3 is 0 Å². The Kier molecular flexibility index (Phi) is 7.11. The van der Waals surface area contributed by atoms with Gasteiger partial charge in [-0.25, -0.2) is 0 Å². The van der Waals surface area contributed by atoms with Gasteiger partial charge in [0, 0.05) is 26.6 Å². The molecule has 0 aliphatic carbocycles. The normalized spacial score (nSPS) is 10.3. The maximum atomic E-state index is 11.9. The zero-order chi connectivity index (χ0) is 13.2. The molecule has 1 N–H and O–H groups in total. The summed E-state index contributed by atoms with van der Waals surface area (Å²) in [4.78, 5) is 13.7. The van der Waals surface area contributed by atoms with Crippen molar-refractivity contribution in [2.45, 2.75) is 32.7 Å². The van der Waals surface area contributed by atoms with Crippen LogP contribution in [0.4, 0.5) is 0 Å². The quantitative estimate of drug-likeness (QED) is 0.717. The topological polar surface area (TPSA) is 32.3 Å². The number of nitrogens with one attached hydrogen (secondary N) is 1. The van der Waals surface area contributed by atoms with E-state index in [-0.39, 0.29) is 5.91 Å². The van der Waals surface area contributed by atoms with E-state index < -0.39 is 0 Å². The minimum Gasteiger partial charge on any atom is -0.341 e. The first-order chi connectivity index (χ1) is 8.74. The lowest BCUT2D eigenvalue weighted by atomic mass is 10.2. The Labute approximate surface area is 110 Å². The largest absolute Gasteiger partial charge is 0.341 e. The molecule has 0 spiro atoms. The Morgan fingerprint density at radius 1 is 1.22 bits per heavy atom. The molecule has 0 radical (unpaired) electrons. The van der Waals surface area contributed by atoms with Crippen LogP contribution in [0.1, 0.15) is 31.7 Å². The molecular formula is C15H24N2O. The number of unbranched alkanes of at least 4 members (excludes halogenated alkanes) is 1. The number of hydrogen-bond acceptors (Lipinski definition) is 2. The molecular weight excluding hydrogens is 224 g/mol. The first-order valence-electron chi connectivity index (χ1n) is 6.72. The molecule has 0 unspecified atom stereocenters. The predicted molar refractivity (Wildman–Crippen MR) is 75.3 cm³/mol. The third kappa shape index (κ3) is 5.82. The Balaban J connectivity index is 2.21. The molecule has 0 saturated carbocycles. The van der Waals surface area contributed by atoms with Crippen LogP contribution in [-0.4, -0.2) is 30.9 Å². The SMILES string of the molecule is CCCCNCCC(=O)N(C)Cc1ccccc1. The molecule has 0 heterocycles. The second-order valence-corrected chi connectivity index (χ2v) is 4.59. The molecule has 0 fully saturated rings. The lowest BCUT2D eigenvalue weighted by Gasteiger charge is -2.17. The van der Waals surface area contributed by atoms with Gasteiger partial charge in [0.15, 0.2) is 0 Å². The highest BCUT2D eigenvalue weighted by Gasteiger charge is 2.08. The number of hydrogen-bond donors (Lipinski definition) is 1. The highest BCUT2D eigenvalue weighted by Crippen LogP contribution is 2.03. The molecule has 0 aliphatic heterocycles. The summed E-state index contributed by atoms with van der Waals surface area (Å²) in [6, 6.07) is 10.1. The van der Waals surface area contributed by atoms with Crippen molar-refractivity contribution in [1.82, 2.24) is 10.2 Å². The second-order valence-electron chi connectivity index (χ2n) is 4.59. The lowest BCUT2D eigenvalue weighted by molar-refractivity contribution is -0.130. The Bertz CT molecular complexity index is 338. The van der Waals surface area contributed by atoms with Gasteiger partial charge in [-0.1, -0.05) is 43.7 Å². The average molecular weight is 248 g/mol. The number of amides is 1. The minimum atomic E-state index is 0.197. The first-order valence-corrected chi connectivity index (χ1v) is 6.72. The van der Waals surface area contributed by atoms with Crippen LogP contribution in [0.5, 0.6) is 0 Å². The highest BCUT2D eigenvalue weighted by molar-refractivity contribution is 5.76. The van der Waals surface area contributed by atoms with Crippen LogP contribution in [0.3, 0.4) is 0 Å². The van der Waals surface area contributed by atoms with Crippen LogP contribution in [0, 0.1) is 0 Å². The van der Waals surface area contributed by atoms with Crippen molar-refractivity contribution in [1.29, 1.82) is 0 Å². The van der Waals surface area contributed by atoms with Gasteiger partial charge in [0.05, 0.1) is 0 Å². The smallest absolute Gasteiger partial charge is 0.223 e. The molecule has 0 atom stereocenters. The van der Waals surface area contributed by atoms with Crippen LogP contribution in [0.25, 0.3) is 0 Å². The van der Waals surface area contributed by atoms with Gasteiger partial charge in [0.2, 0.25) is 5.91 Å². The zero-order valence-electron chi connectivity index (χ0n) is 11.5. The maximum absolute atomic E-state index is 11.9. The van der Waals surface area contributed by atoms with Crippen molar-refractivity contribution < 1.29 is 4.79 Å². The van der Waals surface area contributed by atoms with Crippen LogP contribution in [-0.2, 0) is 11.3 Å². The number of nitrogens with zero attached hydrogens (tertiary/aromatic N) is 1. The molecule has 1 aromatic carbocycles. The summed E-state index contributed by atoms with van der Waals surface area (Å²) in [5, 5.41) is 3.29. The van der Waals surface area contributed by atoms with Crippen molar-refractivity contribution in [2.75, 3.05) is 20.1 Å². The first kappa shape index (κ1) is 14.7. The number of rotatable bonds is 8. The molecule has 1 amide bonds. The van der Waals surface area contributed by atoms with Crippen LogP contribution < -0.4 is 5.32 Å². The molecule has 0 bridgehead atoms. The molecule has 18 heavy (non-hydrogen) atoms. The molecule has 0 aromatic heterocycles. The summed E-state index contributed by atoms with van der Waals surface area (Å²) in [6.07, 6.45) is 2.94. The van der Waals surface area contributed by atoms with E-state index in [2.05, 4.69) is 12.2 Å². The Hall–Kier alpha value is -1.35. The van der Waals surface area contributed by atoms with Crippen LogP contribution in [0.2, 0.25) is 0 Å². The van der Waals surface area contributed by atoms with Gasteiger partial charge in [0.1, 0.15) is 0 Å². The third-order valence-corrected chi connectivity index (χ3v) is 2.91. The number of carbonyl (C=O) groups is 1. The number of carbonyl (C=O) groups excluding carboxylic acids is 1. The van der Waals surface area contributed by atoms with Gasteiger partial charge in [-0.15, -0.1) is 0 Å². The van der Waals surface area contributed by atoms with E-state index in [4.69, 9.17) is 0 Å². The third-order valence-electron chi connectivity index (χ3n) is 2.91. The number of benzene rings is 1. The van der Waals surface area contributed by atoms with Crippen LogP contribution >= 0.6 is 0 Å². The monoisotopic (exact) mass is 248 g/mol. The second kappa shape index (κ2) is 8.70. The van der Waals surface area contributed by atoms with Crippen molar-refractivity contribution in [3.8, 4) is 0 Å². The van der Waals surface area contributed by atoms with Gasteiger partial charge < -0.3 is 10.2 Å². The maximum Gasteiger partial charge on any atom is 0.223 e. The van der Waals surface area contributed by atoms with Gasteiger partial charge in [-0.05, 0) is 18.5 Å². The summed E-state index contributed by atoms with van der Waals surface area (Å²) >= 11 is 0. The highest BCUT2D eigenvalue weighted by atomic mass is 16.2. The van der Waals surface area contributed by atoms with Crippen LogP contribution in [0.15, 0.2) is 30.3 Å². The molecule has 3 heteroatoms. The van der Waals surface area contributed by atoms with E-state index in [0.29, 0.717) is 13.0 Å². The molecule has 1 rings (SSSR count). The van der Waals surface area contributed by atoms with Crippen molar-refractivity contribution in [3.63, 3.8) is 0 Å². The summed E-state index contributed by atoms with van der Waals surface area (Å²) in [6.45, 7) is 4.64. The summed E-state index contributed by atoms with van der Waals surface area (Å²) in [7, 11) is 1.86. The lowest BCUT2D eigenvalue weighted by Crippen LogP contribution is -2.29. The fraction of sp³-hybridized carbons (Fsp3) is 0.533. The summed E-state index contributed by atoms with van der Waals surface area (Å²) < 4.78 is 0. The van der Waals surface area contributed by atoms with Crippen molar-refractivity contribution in [2.24, 2.45) is 0 Å². The Morgan fingerprint density at radius 2 is 1.94 bits per heavy atom. The van der Waals surface area contributed by atoms with E-state index in [1.165, 1.54) is 18.4 Å². The fourth-order valence-electron chi connectivity index (χ4n) is 1.76. The molecule has 100 valence electrons. The van der Waals surface area contributed by atoms with Crippen molar-refractivity contribution >= 4 is 5.91 Å². The van der Waals surface area contributed by atoms with E-state index in [0.717, 1.165) is 13.1 Å². The molecule has 0 saturated heterocycles. The van der Waals surface area contributed by atoms with E-state index in [1.54, 1.807) is 4.90 Å². The fourth-order valence-corrected chi connectivity index (χ4v) is 1.76. The molecule has 3 nitrogen and oxygen atoms in total. The summed E-state index contributed by atoms with van der Waals surface area (Å²) in [5.74, 6) is 0.197. The van der Waals surface area contributed by atoms with Gasteiger partial charge in [-0.2, -0.15) is 0 Å². The Morgan fingerprint density at radius 3 is 2.61 bits per heavy atom. The molecule has 1 aromatic rings. The van der Waals surface area contributed by atoms with Crippen molar-refractivity contribution in [3.05, 3.63) is 35.9 Å². The van der Waals surface area contributed by atoms with E-state index in [1.807, 2.05) is 37.4 Å². The van der Waals surface area contributed by atoms with E-state index >= 15 is 0 Å².